The molecule has 1 aromatic rings. The number of hydrogen-bond donors (Lipinski definition) is 1. The van der Waals surface area contributed by atoms with Crippen molar-refractivity contribution >= 4 is 0 Å². The maximum atomic E-state index is 6.10. The molecule has 21 heavy (non-hydrogen) atoms. The van der Waals surface area contributed by atoms with Crippen molar-refractivity contribution in [3.8, 4) is 5.75 Å². The highest BCUT2D eigenvalue weighted by Crippen LogP contribution is 2.29. The second-order valence-electron chi connectivity index (χ2n) is 6.02. The Bertz CT molecular complexity index is 444. The van der Waals surface area contributed by atoms with E-state index in [0.717, 1.165) is 38.2 Å². The molecule has 0 bridgehead atoms. The Kier molecular flexibility index (Phi) is 5.62. The molecular weight excluding hydrogens is 264 g/mol. The van der Waals surface area contributed by atoms with E-state index in [9.17, 15) is 0 Å². The highest BCUT2D eigenvalue weighted by atomic mass is 16.5. The Morgan fingerprint density at radius 2 is 2.00 bits per heavy atom. The Labute approximate surface area is 128 Å². The summed E-state index contributed by atoms with van der Waals surface area (Å²) < 4.78 is 11.0. The van der Waals surface area contributed by atoms with Gasteiger partial charge in [0.15, 0.2) is 0 Å². The molecule has 1 unspecified atom stereocenters. The molecule has 1 saturated heterocycles. The number of ether oxygens (including phenoxy) is 2. The van der Waals surface area contributed by atoms with Crippen LogP contribution in [0.2, 0.25) is 0 Å². The minimum Gasteiger partial charge on any atom is -0.496 e. The van der Waals surface area contributed by atoms with E-state index >= 15 is 0 Å². The number of nitrogens with two attached hydrogens (primary N) is 1. The van der Waals surface area contributed by atoms with Crippen molar-refractivity contribution in [3.63, 3.8) is 0 Å². The highest BCUT2D eigenvalue weighted by molar-refractivity contribution is 5.33. The lowest BCUT2D eigenvalue weighted by molar-refractivity contribution is -0.0275. The molecule has 2 rings (SSSR count). The molecule has 4 nitrogen and oxygen atoms in total. The topological polar surface area (TPSA) is 47.7 Å². The van der Waals surface area contributed by atoms with Crippen LogP contribution in [0.4, 0.5) is 0 Å². The molecule has 118 valence electrons. The van der Waals surface area contributed by atoms with E-state index in [1.165, 1.54) is 5.56 Å². The van der Waals surface area contributed by atoms with Crippen molar-refractivity contribution in [2.24, 2.45) is 5.73 Å². The molecule has 0 aliphatic carbocycles. The zero-order valence-corrected chi connectivity index (χ0v) is 13.5. The molecule has 2 N–H and O–H groups in total. The summed E-state index contributed by atoms with van der Waals surface area (Å²) >= 11 is 0. The van der Waals surface area contributed by atoms with Gasteiger partial charge in [-0.3, -0.25) is 4.90 Å². The second kappa shape index (κ2) is 7.25. The largest absolute Gasteiger partial charge is 0.496 e. The average molecular weight is 292 g/mol. The van der Waals surface area contributed by atoms with Crippen LogP contribution in [0, 0.1) is 0 Å². The minimum absolute atomic E-state index is 0.0691. The number of nitrogens with zero attached hydrogens (tertiary/aromatic N) is 1. The molecular formula is C17H28N2O2. The third-order valence-corrected chi connectivity index (χ3v) is 4.92. The molecule has 0 amide bonds. The standard InChI is InChI=1S/C17H28N2O2/c1-14(12-15-6-4-5-7-16(15)20-3)19(2)17(13-18)8-10-21-11-9-17/h4-7,14H,8-13,18H2,1-3H3. The highest BCUT2D eigenvalue weighted by Gasteiger charge is 2.37. The first-order valence-corrected chi connectivity index (χ1v) is 7.75. The molecule has 1 heterocycles. The molecule has 4 heteroatoms. The maximum absolute atomic E-state index is 6.10. The van der Waals surface area contributed by atoms with Gasteiger partial charge in [-0.1, -0.05) is 18.2 Å². The summed E-state index contributed by atoms with van der Waals surface area (Å²) in [6.07, 6.45) is 2.98. The van der Waals surface area contributed by atoms with Gasteiger partial charge in [-0.15, -0.1) is 0 Å². The van der Waals surface area contributed by atoms with Crippen LogP contribution in [-0.4, -0.2) is 50.4 Å². The molecule has 0 spiro atoms. The first-order valence-electron chi connectivity index (χ1n) is 7.75. The first-order chi connectivity index (χ1) is 10.1. The Hall–Kier alpha value is -1.10. The summed E-state index contributed by atoms with van der Waals surface area (Å²) in [4.78, 5) is 2.45. The zero-order valence-electron chi connectivity index (χ0n) is 13.5. The van der Waals surface area contributed by atoms with Crippen LogP contribution in [-0.2, 0) is 11.2 Å². The van der Waals surface area contributed by atoms with Crippen molar-refractivity contribution in [1.82, 2.24) is 4.90 Å². The first kappa shape index (κ1) is 16.3. The van der Waals surface area contributed by atoms with Gasteiger partial charge in [0, 0.05) is 31.3 Å². The van der Waals surface area contributed by atoms with Crippen LogP contribution in [0.3, 0.4) is 0 Å². The smallest absolute Gasteiger partial charge is 0.122 e. The van der Waals surface area contributed by atoms with Crippen LogP contribution in [0.1, 0.15) is 25.3 Å². The Morgan fingerprint density at radius 3 is 2.62 bits per heavy atom. The van der Waals surface area contributed by atoms with Crippen LogP contribution in [0.15, 0.2) is 24.3 Å². The fraction of sp³-hybridized carbons (Fsp3) is 0.647. The minimum atomic E-state index is 0.0691. The van der Waals surface area contributed by atoms with Gasteiger partial charge in [-0.25, -0.2) is 0 Å². The summed E-state index contributed by atoms with van der Waals surface area (Å²) in [5, 5.41) is 0. The number of hydrogen-bond acceptors (Lipinski definition) is 4. The van der Waals surface area contributed by atoms with E-state index < -0.39 is 0 Å². The van der Waals surface area contributed by atoms with Crippen molar-refractivity contribution in [1.29, 1.82) is 0 Å². The Morgan fingerprint density at radius 1 is 1.33 bits per heavy atom. The predicted octanol–water partition coefficient (Wildman–Crippen LogP) is 2.07. The second-order valence-corrected chi connectivity index (χ2v) is 6.02. The van der Waals surface area contributed by atoms with E-state index in [1.54, 1.807) is 7.11 Å². The van der Waals surface area contributed by atoms with Crippen molar-refractivity contribution in [3.05, 3.63) is 29.8 Å². The molecule has 1 aliphatic rings. The van der Waals surface area contributed by atoms with Gasteiger partial charge < -0.3 is 15.2 Å². The lowest BCUT2D eigenvalue weighted by Gasteiger charge is -2.46. The van der Waals surface area contributed by atoms with E-state index in [-0.39, 0.29) is 5.54 Å². The molecule has 0 saturated carbocycles. The van der Waals surface area contributed by atoms with E-state index in [4.69, 9.17) is 15.2 Å². The molecule has 1 aliphatic heterocycles. The average Bonchev–Trinajstić information content (AvgIpc) is 2.55. The van der Waals surface area contributed by atoms with Gasteiger partial charge in [0.1, 0.15) is 5.75 Å². The normalized spacial score (nSPS) is 19.5. The predicted molar refractivity (Wildman–Crippen MR) is 85.8 cm³/mol. The van der Waals surface area contributed by atoms with E-state index in [2.05, 4.69) is 31.0 Å². The van der Waals surface area contributed by atoms with E-state index in [0.29, 0.717) is 12.6 Å². The monoisotopic (exact) mass is 292 g/mol. The van der Waals surface area contributed by atoms with Gasteiger partial charge in [0.05, 0.1) is 7.11 Å². The number of rotatable bonds is 6. The van der Waals surface area contributed by atoms with Crippen LogP contribution >= 0.6 is 0 Å². The fourth-order valence-corrected chi connectivity index (χ4v) is 3.25. The molecule has 0 aromatic heterocycles. The third kappa shape index (κ3) is 3.57. The quantitative estimate of drug-likeness (QED) is 0.872. The zero-order chi connectivity index (χ0) is 15.3. The molecule has 1 aromatic carbocycles. The lowest BCUT2D eigenvalue weighted by Crippen LogP contribution is -2.58. The van der Waals surface area contributed by atoms with Gasteiger partial charge in [-0.2, -0.15) is 0 Å². The third-order valence-electron chi connectivity index (χ3n) is 4.92. The van der Waals surface area contributed by atoms with Gasteiger partial charge in [0.25, 0.3) is 0 Å². The molecule has 0 radical (unpaired) electrons. The summed E-state index contributed by atoms with van der Waals surface area (Å²) in [6.45, 7) is 4.56. The van der Waals surface area contributed by atoms with Crippen molar-refractivity contribution in [2.75, 3.05) is 33.9 Å². The van der Waals surface area contributed by atoms with E-state index in [1.807, 2.05) is 12.1 Å². The SMILES string of the molecule is COc1ccccc1CC(C)N(C)C1(CN)CCOCC1. The fourth-order valence-electron chi connectivity index (χ4n) is 3.25. The molecule has 1 fully saturated rings. The molecule has 1 atom stereocenters. The van der Waals surface area contributed by atoms with Crippen molar-refractivity contribution in [2.45, 2.75) is 37.8 Å². The number of likely N-dealkylation sites (N-methyl/N-ethyl adjacent to an activating group) is 1. The number of methoxy groups -OCH3 is 1. The van der Waals surface area contributed by atoms with Crippen LogP contribution < -0.4 is 10.5 Å². The Balaban J connectivity index is 2.09. The summed E-state index contributed by atoms with van der Waals surface area (Å²) in [7, 11) is 3.92. The van der Waals surface area contributed by atoms with Gasteiger partial charge in [-0.05, 0) is 44.9 Å². The summed E-state index contributed by atoms with van der Waals surface area (Å²) in [5.41, 5.74) is 7.42. The maximum Gasteiger partial charge on any atom is 0.122 e. The van der Waals surface area contributed by atoms with Crippen LogP contribution in [0.5, 0.6) is 5.75 Å². The van der Waals surface area contributed by atoms with Gasteiger partial charge in [0.2, 0.25) is 0 Å². The van der Waals surface area contributed by atoms with Crippen molar-refractivity contribution < 1.29 is 9.47 Å². The number of para-hydroxylation sites is 1. The summed E-state index contributed by atoms with van der Waals surface area (Å²) in [6, 6.07) is 8.65. The number of benzene rings is 1. The summed E-state index contributed by atoms with van der Waals surface area (Å²) in [5.74, 6) is 0.964. The lowest BCUT2D eigenvalue weighted by atomic mass is 9.86. The van der Waals surface area contributed by atoms with Gasteiger partial charge >= 0.3 is 0 Å². The van der Waals surface area contributed by atoms with Crippen LogP contribution in [0.25, 0.3) is 0 Å².